The summed E-state index contributed by atoms with van der Waals surface area (Å²) in [7, 11) is 1.97. The van der Waals surface area contributed by atoms with E-state index in [1.165, 1.54) is 5.56 Å². The number of benzene rings is 2. The summed E-state index contributed by atoms with van der Waals surface area (Å²) in [5.74, 6) is 0.853. The largest absolute Gasteiger partial charge is 0.492 e. The molecule has 0 aliphatic heterocycles. The summed E-state index contributed by atoms with van der Waals surface area (Å²) in [5.41, 5.74) is 2.20. The lowest BCUT2D eigenvalue weighted by Gasteiger charge is -2.15. The molecule has 0 aliphatic carbocycles. The van der Waals surface area contributed by atoms with E-state index in [4.69, 9.17) is 26.4 Å². The molecule has 0 saturated carbocycles. The van der Waals surface area contributed by atoms with Gasteiger partial charge in [-0.05, 0) is 42.9 Å². The Morgan fingerprint density at radius 3 is 2.72 bits per heavy atom. The monoisotopic (exact) mass is 376 g/mol. The average Bonchev–Trinajstić information content (AvgIpc) is 2.99. The predicted molar refractivity (Wildman–Crippen MR) is 104 cm³/mol. The van der Waals surface area contributed by atoms with Crippen LogP contribution in [0.2, 0.25) is 5.02 Å². The van der Waals surface area contributed by atoms with E-state index in [0.717, 1.165) is 39.0 Å². The molecule has 1 heterocycles. The lowest BCUT2D eigenvalue weighted by atomic mass is 10.2. The van der Waals surface area contributed by atoms with Gasteiger partial charge in [-0.1, -0.05) is 23.7 Å². The van der Waals surface area contributed by atoms with Crippen molar-refractivity contribution in [3.8, 4) is 5.75 Å². The number of thiazole rings is 1. The van der Waals surface area contributed by atoms with Gasteiger partial charge in [0.25, 0.3) is 0 Å². The van der Waals surface area contributed by atoms with Gasteiger partial charge in [0.1, 0.15) is 12.4 Å². The van der Waals surface area contributed by atoms with Crippen LogP contribution in [-0.4, -0.2) is 48.3 Å². The van der Waals surface area contributed by atoms with Crippen LogP contribution in [0, 0.1) is 0 Å². The standard InChI is InChI=1S/C19H21ClN2O2S/c1-22(8-10-23)9-11-24-16-6-7-17-18(13-16)25-19(21-17)12-14-2-4-15(20)5-3-14/h2-7,13,23H,8-12H2,1H3. The van der Waals surface area contributed by atoms with Crippen LogP contribution in [-0.2, 0) is 6.42 Å². The summed E-state index contributed by atoms with van der Waals surface area (Å²) >= 11 is 7.62. The summed E-state index contributed by atoms with van der Waals surface area (Å²) in [5, 5.41) is 10.7. The zero-order valence-corrected chi connectivity index (χ0v) is 15.7. The number of hydrogen-bond donors (Lipinski definition) is 1. The highest BCUT2D eigenvalue weighted by atomic mass is 35.5. The maximum Gasteiger partial charge on any atom is 0.120 e. The summed E-state index contributed by atoms with van der Waals surface area (Å²) in [6.45, 7) is 2.20. The summed E-state index contributed by atoms with van der Waals surface area (Å²) in [4.78, 5) is 6.74. The van der Waals surface area contributed by atoms with E-state index in [1.54, 1.807) is 11.3 Å². The van der Waals surface area contributed by atoms with Crippen molar-refractivity contribution >= 4 is 33.2 Å². The fraction of sp³-hybridized carbons (Fsp3) is 0.316. The lowest BCUT2D eigenvalue weighted by Crippen LogP contribution is -2.27. The molecule has 0 spiro atoms. The maximum atomic E-state index is 8.90. The highest BCUT2D eigenvalue weighted by Crippen LogP contribution is 2.28. The number of aliphatic hydroxyl groups excluding tert-OH is 1. The van der Waals surface area contributed by atoms with E-state index >= 15 is 0 Å². The number of ether oxygens (including phenoxy) is 1. The first-order valence-electron chi connectivity index (χ1n) is 8.20. The smallest absolute Gasteiger partial charge is 0.120 e. The number of fused-ring (bicyclic) bond motifs is 1. The second-order valence-corrected chi connectivity index (χ2v) is 7.47. The van der Waals surface area contributed by atoms with Gasteiger partial charge >= 0.3 is 0 Å². The predicted octanol–water partition coefficient (Wildman–Crippen LogP) is 3.84. The highest BCUT2D eigenvalue weighted by Gasteiger charge is 2.07. The molecule has 1 N–H and O–H groups in total. The van der Waals surface area contributed by atoms with Crippen LogP contribution in [0.4, 0.5) is 0 Å². The number of hydrogen-bond acceptors (Lipinski definition) is 5. The number of aromatic nitrogens is 1. The zero-order chi connectivity index (χ0) is 17.6. The van der Waals surface area contributed by atoms with Crippen molar-refractivity contribution in [1.29, 1.82) is 0 Å². The van der Waals surface area contributed by atoms with Gasteiger partial charge in [0.05, 0.1) is 21.8 Å². The van der Waals surface area contributed by atoms with E-state index < -0.39 is 0 Å². The normalized spacial score (nSPS) is 11.4. The molecule has 4 nitrogen and oxygen atoms in total. The van der Waals surface area contributed by atoms with Crippen molar-refractivity contribution in [3.05, 3.63) is 58.1 Å². The average molecular weight is 377 g/mol. The molecular weight excluding hydrogens is 356 g/mol. The van der Waals surface area contributed by atoms with Crippen LogP contribution in [0.5, 0.6) is 5.75 Å². The van der Waals surface area contributed by atoms with Crippen molar-refractivity contribution in [2.75, 3.05) is 33.4 Å². The third kappa shape index (κ3) is 5.16. The molecule has 3 aromatic rings. The molecule has 0 unspecified atom stereocenters. The van der Waals surface area contributed by atoms with Crippen molar-refractivity contribution in [3.63, 3.8) is 0 Å². The van der Waals surface area contributed by atoms with Gasteiger partial charge in [-0.15, -0.1) is 11.3 Å². The highest BCUT2D eigenvalue weighted by molar-refractivity contribution is 7.18. The summed E-state index contributed by atoms with van der Waals surface area (Å²) < 4.78 is 6.94. The molecule has 3 rings (SSSR count). The molecule has 1 aromatic heterocycles. The van der Waals surface area contributed by atoms with Crippen molar-refractivity contribution in [1.82, 2.24) is 9.88 Å². The van der Waals surface area contributed by atoms with Crippen molar-refractivity contribution in [2.45, 2.75) is 6.42 Å². The first-order chi connectivity index (χ1) is 12.1. The molecule has 0 amide bonds. The van der Waals surface area contributed by atoms with Crippen molar-refractivity contribution in [2.24, 2.45) is 0 Å². The Bertz CT molecular complexity index is 820. The third-order valence-corrected chi connectivity index (χ3v) is 5.17. The number of halogens is 1. The van der Waals surface area contributed by atoms with Crippen LogP contribution in [0.15, 0.2) is 42.5 Å². The lowest BCUT2D eigenvalue weighted by molar-refractivity contribution is 0.192. The fourth-order valence-corrected chi connectivity index (χ4v) is 3.65. The molecule has 0 atom stereocenters. The van der Waals surface area contributed by atoms with Gasteiger partial charge in [-0.25, -0.2) is 4.98 Å². The summed E-state index contributed by atoms with van der Waals surface area (Å²) in [6, 6.07) is 13.9. The topological polar surface area (TPSA) is 45.6 Å². The molecule has 0 fully saturated rings. The zero-order valence-electron chi connectivity index (χ0n) is 14.1. The van der Waals surface area contributed by atoms with Gasteiger partial charge in [0, 0.05) is 24.5 Å². The Balaban J connectivity index is 1.63. The van der Waals surface area contributed by atoms with Gasteiger partial charge in [-0.2, -0.15) is 0 Å². The van der Waals surface area contributed by atoms with Crippen LogP contribution in [0.1, 0.15) is 10.6 Å². The third-order valence-electron chi connectivity index (χ3n) is 3.90. The van der Waals surface area contributed by atoms with Crippen LogP contribution in [0.3, 0.4) is 0 Å². The van der Waals surface area contributed by atoms with Gasteiger partial charge in [0.15, 0.2) is 0 Å². The Hall–Kier alpha value is -1.66. The number of nitrogens with zero attached hydrogens (tertiary/aromatic N) is 2. The minimum absolute atomic E-state index is 0.166. The fourth-order valence-electron chi connectivity index (χ4n) is 2.50. The maximum absolute atomic E-state index is 8.90. The van der Waals surface area contributed by atoms with E-state index in [2.05, 4.69) is 0 Å². The molecule has 0 saturated heterocycles. The van der Waals surface area contributed by atoms with Crippen molar-refractivity contribution < 1.29 is 9.84 Å². The first kappa shape index (κ1) is 18.1. The Morgan fingerprint density at radius 1 is 1.16 bits per heavy atom. The number of likely N-dealkylation sites (N-methyl/N-ethyl adjacent to an activating group) is 1. The molecule has 25 heavy (non-hydrogen) atoms. The molecule has 0 radical (unpaired) electrons. The minimum atomic E-state index is 0.166. The Kier molecular flexibility index (Phi) is 6.26. The molecule has 0 aliphatic rings. The molecule has 6 heteroatoms. The van der Waals surface area contributed by atoms with Gasteiger partial charge in [-0.3, -0.25) is 0 Å². The molecular formula is C19H21ClN2O2S. The van der Waals surface area contributed by atoms with Gasteiger partial charge < -0.3 is 14.7 Å². The first-order valence-corrected chi connectivity index (χ1v) is 9.39. The van der Waals surface area contributed by atoms with E-state index in [9.17, 15) is 0 Å². The SMILES string of the molecule is CN(CCO)CCOc1ccc2nc(Cc3ccc(Cl)cc3)sc2c1. The minimum Gasteiger partial charge on any atom is -0.492 e. The van der Waals surface area contributed by atoms with E-state index in [-0.39, 0.29) is 6.61 Å². The van der Waals surface area contributed by atoms with Crippen LogP contribution >= 0.6 is 22.9 Å². The quantitative estimate of drug-likeness (QED) is 0.648. The second-order valence-electron chi connectivity index (χ2n) is 5.92. The van der Waals surface area contributed by atoms with Gasteiger partial charge in [0.2, 0.25) is 0 Å². The Labute approximate surface area is 156 Å². The number of rotatable bonds is 8. The molecule has 132 valence electrons. The van der Waals surface area contributed by atoms with E-state index in [0.29, 0.717) is 13.2 Å². The molecule has 2 aromatic carbocycles. The number of aliphatic hydroxyl groups is 1. The summed E-state index contributed by atoms with van der Waals surface area (Å²) in [6.07, 6.45) is 0.804. The second kappa shape index (κ2) is 8.63. The van der Waals surface area contributed by atoms with Crippen LogP contribution < -0.4 is 4.74 Å². The Morgan fingerprint density at radius 2 is 1.96 bits per heavy atom. The van der Waals surface area contributed by atoms with Crippen LogP contribution in [0.25, 0.3) is 10.2 Å². The molecule has 0 bridgehead atoms. The van der Waals surface area contributed by atoms with E-state index in [1.807, 2.05) is 54.4 Å².